The lowest BCUT2D eigenvalue weighted by Gasteiger charge is -2.33. The zero-order valence-electron chi connectivity index (χ0n) is 13.8. The summed E-state index contributed by atoms with van der Waals surface area (Å²) in [5, 5.41) is 0. The third-order valence-electron chi connectivity index (χ3n) is 4.22. The fourth-order valence-electron chi connectivity index (χ4n) is 2.87. The SMILES string of the molecule is Cl.O=C(OCCN1CCOC(c2ccccc2)C1)N1CCOCC1. The maximum Gasteiger partial charge on any atom is 0.409 e. The molecular formula is C17H25ClN2O4. The van der Waals surface area contributed by atoms with E-state index < -0.39 is 0 Å². The van der Waals surface area contributed by atoms with Gasteiger partial charge < -0.3 is 19.1 Å². The van der Waals surface area contributed by atoms with Crippen LogP contribution in [0, 0.1) is 0 Å². The van der Waals surface area contributed by atoms with Crippen LogP contribution in [-0.2, 0) is 14.2 Å². The molecule has 0 aliphatic carbocycles. The summed E-state index contributed by atoms with van der Waals surface area (Å²) in [5.74, 6) is 0. The van der Waals surface area contributed by atoms with Crippen molar-refractivity contribution in [1.29, 1.82) is 0 Å². The third kappa shape index (κ3) is 5.34. The molecule has 0 radical (unpaired) electrons. The Labute approximate surface area is 149 Å². The van der Waals surface area contributed by atoms with Crippen LogP contribution in [0.3, 0.4) is 0 Å². The number of benzene rings is 1. The van der Waals surface area contributed by atoms with Crippen LogP contribution in [0.2, 0.25) is 0 Å². The Hall–Kier alpha value is -1.34. The summed E-state index contributed by atoms with van der Waals surface area (Å²) < 4.78 is 16.5. The van der Waals surface area contributed by atoms with Crippen LogP contribution >= 0.6 is 12.4 Å². The highest BCUT2D eigenvalue weighted by atomic mass is 35.5. The van der Waals surface area contributed by atoms with Gasteiger partial charge in [-0.05, 0) is 5.56 Å². The van der Waals surface area contributed by atoms with Crippen molar-refractivity contribution in [2.24, 2.45) is 0 Å². The summed E-state index contributed by atoms with van der Waals surface area (Å²) >= 11 is 0. The van der Waals surface area contributed by atoms with E-state index in [1.165, 1.54) is 5.56 Å². The van der Waals surface area contributed by atoms with Crippen LogP contribution < -0.4 is 0 Å². The van der Waals surface area contributed by atoms with E-state index in [9.17, 15) is 4.79 Å². The first-order valence-electron chi connectivity index (χ1n) is 8.21. The predicted octanol–water partition coefficient (Wildman–Crippen LogP) is 1.95. The highest BCUT2D eigenvalue weighted by Crippen LogP contribution is 2.21. The number of hydrogen-bond acceptors (Lipinski definition) is 5. The standard InChI is InChI=1S/C17H24N2O4.ClH/c20-17(19-8-10-21-11-9-19)23-13-7-18-6-12-22-16(14-18)15-4-2-1-3-5-15;/h1-5,16H,6-14H2;1H. The topological polar surface area (TPSA) is 51.2 Å². The average Bonchev–Trinajstić information content (AvgIpc) is 2.63. The first-order chi connectivity index (χ1) is 11.3. The van der Waals surface area contributed by atoms with Crippen molar-refractivity contribution >= 4 is 18.5 Å². The van der Waals surface area contributed by atoms with E-state index in [0.717, 1.165) is 19.6 Å². The summed E-state index contributed by atoms with van der Waals surface area (Å²) in [4.78, 5) is 15.9. The maximum atomic E-state index is 11.9. The molecule has 2 aliphatic heterocycles. The van der Waals surface area contributed by atoms with Crippen molar-refractivity contribution < 1.29 is 19.0 Å². The normalized spacial score (nSPS) is 21.8. The minimum absolute atomic E-state index is 0. The molecule has 2 aliphatic rings. The molecule has 3 rings (SSSR count). The van der Waals surface area contributed by atoms with E-state index >= 15 is 0 Å². The number of morpholine rings is 2. The molecule has 1 aromatic rings. The van der Waals surface area contributed by atoms with Gasteiger partial charge in [-0.3, -0.25) is 4.90 Å². The van der Waals surface area contributed by atoms with Crippen molar-refractivity contribution in [3.63, 3.8) is 0 Å². The van der Waals surface area contributed by atoms with Gasteiger partial charge in [-0.1, -0.05) is 30.3 Å². The molecule has 1 atom stereocenters. The molecule has 6 nitrogen and oxygen atoms in total. The van der Waals surface area contributed by atoms with Gasteiger partial charge in [-0.25, -0.2) is 4.79 Å². The number of carbonyl (C=O) groups is 1. The molecule has 2 saturated heterocycles. The summed E-state index contributed by atoms with van der Waals surface area (Å²) in [6.07, 6.45) is -0.138. The Balaban J connectivity index is 0.00000208. The van der Waals surface area contributed by atoms with Crippen LogP contribution in [0.5, 0.6) is 0 Å². The Morgan fingerprint density at radius 3 is 2.62 bits per heavy atom. The molecule has 0 saturated carbocycles. The molecule has 2 fully saturated rings. The van der Waals surface area contributed by atoms with E-state index in [1.54, 1.807) is 4.90 Å². The van der Waals surface area contributed by atoms with E-state index in [4.69, 9.17) is 14.2 Å². The minimum Gasteiger partial charge on any atom is -0.448 e. The van der Waals surface area contributed by atoms with Crippen molar-refractivity contribution in [2.45, 2.75) is 6.10 Å². The largest absolute Gasteiger partial charge is 0.448 e. The van der Waals surface area contributed by atoms with E-state index in [2.05, 4.69) is 17.0 Å². The highest BCUT2D eigenvalue weighted by molar-refractivity contribution is 5.85. The Morgan fingerprint density at radius 2 is 1.88 bits per heavy atom. The molecule has 7 heteroatoms. The summed E-state index contributed by atoms with van der Waals surface area (Å²) in [7, 11) is 0. The van der Waals surface area contributed by atoms with Gasteiger partial charge in [0.1, 0.15) is 6.61 Å². The van der Waals surface area contributed by atoms with Gasteiger partial charge in [0, 0.05) is 32.7 Å². The van der Waals surface area contributed by atoms with Gasteiger partial charge in [0.2, 0.25) is 0 Å². The summed E-state index contributed by atoms with van der Waals surface area (Å²) in [6.45, 7) is 5.99. The third-order valence-corrected chi connectivity index (χ3v) is 4.22. The van der Waals surface area contributed by atoms with Crippen molar-refractivity contribution in [3.8, 4) is 0 Å². The Bertz CT molecular complexity index is 497. The molecule has 1 unspecified atom stereocenters. The van der Waals surface area contributed by atoms with Crippen molar-refractivity contribution in [1.82, 2.24) is 9.80 Å². The fraction of sp³-hybridized carbons (Fsp3) is 0.588. The zero-order chi connectivity index (χ0) is 15.9. The number of ether oxygens (including phenoxy) is 3. The number of amides is 1. The van der Waals surface area contributed by atoms with E-state index in [0.29, 0.717) is 39.5 Å². The van der Waals surface area contributed by atoms with Crippen LogP contribution in [0.15, 0.2) is 30.3 Å². The van der Waals surface area contributed by atoms with Gasteiger partial charge in [0.05, 0.1) is 25.9 Å². The minimum atomic E-state index is -0.235. The lowest BCUT2D eigenvalue weighted by atomic mass is 10.1. The Kier molecular flexibility index (Phi) is 7.78. The molecule has 24 heavy (non-hydrogen) atoms. The Morgan fingerprint density at radius 1 is 1.12 bits per heavy atom. The number of carbonyl (C=O) groups excluding carboxylic acids is 1. The van der Waals surface area contributed by atoms with Crippen LogP contribution in [0.25, 0.3) is 0 Å². The summed E-state index contributed by atoms with van der Waals surface area (Å²) in [5.41, 5.74) is 1.20. The van der Waals surface area contributed by atoms with Gasteiger partial charge in [-0.15, -0.1) is 12.4 Å². The zero-order valence-corrected chi connectivity index (χ0v) is 14.6. The molecule has 1 amide bonds. The monoisotopic (exact) mass is 356 g/mol. The molecular weight excluding hydrogens is 332 g/mol. The van der Waals surface area contributed by atoms with E-state index in [-0.39, 0.29) is 24.6 Å². The number of hydrogen-bond donors (Lipinski definition) is 0. The van der Waals surface area contributed by atoms with Crippen molar-refractivity contribution in [2.75, 3.05) is 59.2 Å². The first-order valence-corrected chi connectivity index (χ1v) is 8.21. The van der Waals surface area contributed by atoms with E-state index in [1.807, 2.05) is 18.2 Å². The van der Waals surface area contributed by atoms with Crippen LogP contribution in [-0.4, -0.2) is 75.0 Å². The first kappa shape index (κ1) is 19.0. The quantitative estimate of drug-likeness (QED) is 0.825. The van der Waals surface area contributed by atoms with Gasteiger partial charge in [0.15, 0.2) is 0 Å². The molecule has 134 valence electrons. The molecule has 0 bridgehead atoms. The molecule has 1 aromatic carbocycles. The average molecular weight is 357 g/mol. The van der Waals surface area contributed by atoms with Crippen LogP contribution in [0.4, 0.5) is 4.79 Å². The fourth-order valence-corrected chi connectivity index (χ4v) is 2.87. The second-order valence-electron chi connectivity index (χ2n) is 5.78. The van der Waals surface area contributed by atoms with Gasteiger partial charge in [-0.2, -0.15) is 0 Å². The predicted molar refractivity (Wildman–Crippen MR) is 92.6 cm³/mol. The second kappa shape index (κ2) is 9.84. The molecule has 0 N–H and O–H groups in total. The lowest BCUT2D eigenvalue weighted by molar-refractivity contribution is -0.0363. The number of nitrogens with zero attached hydrogens (tertiary/aromatic N) is 2. The van der Waals surface area contributed by atoms with Crippen molar-refractivity contribution in [3.05, 3.63) is 35.9 Å². The van der Waals surface area contributed by atoms with Crippen LogP contribution in [0.1, 0.15) is 11.7 Å². The van der Waals surface area contributed by atoms with Gasteiger partial charge in [0.25, 0.3) is 0 Å². The number of halogens is 1. The molecule has 0 aromatic heterocycles. The molecule has 0 spiro atoms. The van der Waals surface area contributed by atoms with Gasteiger partial charge >= 0.3 is 6.09 Å². The highest BCUT2D eigenvalue weighted by Gasteiger charge is 2.22. The lowest BCUT2D eigenvalue weighted by Crippen LogP contribution is -2.43. The smallest absolute Gasteiger partial charge is 0.409 e. The summed E-state index contributed by atoms with van der Waals surface area (Å²) in [6, 6.07) is 10.2. The maximum absolute atomic E-state index is 11.9. The molecule has 2 heterocycles. The second-order valence-corrected chi connectivity index (χ2v) is 5.78. The number of rotatable bonds is 4.